The van der Waals surface area contributed by atoms with Gasteiger partial charge in [-0.25, -0.2) is 9.37 Å². The molecule has 0 fully saturated rings. The van der Waals surface area contributed by atoms with E-state index in [1.165, 1.54) is 23.0 Å². The fourth-order valence-corrected chi connectivity index (χ4v) is 2.91. The van der Waals surface area contributed by atoms with E-state index in [0.29, 0.717) is 22.5 Å². The molecule has 0 aliphatic carbocycles. The largest absolute Gasteiger partial charge is 0.439 e. The summed E-state index contributed by atoms with van der Waals surface area (Å²) in [5.74, 6) is 0.0252. The summed E-state index contributed by atoms with van der Waals surface area (Å²) in [6, 6.07) is 16.2. The summed E-state index contributed by atoms with van der Waals surface area (Å²) in [5, 5.41) is 7.35. The zero-order chi connectivity index (χ0) is 20.9. The van der Waals surface area contributed by atoms with Gasteiger partial charge in [-0.15, -0.1) is 0 Å². The lowest BCUT2D eigenvalue weighted by atomic mass is 10.2. The third kappa shape index (κ3) is 4.49. The first-order valence-corrected chi connectivity index (χ1v) is 9.18. The predicted octanol–water partition coefficient (Wildman–Crippen LogP) is 3.04. The minimum absolute atomic E-state index is 0.0189. The van der Waals surface area contributed by atoms with Gasteiger partial charge in [0.2, 0.25) is 17.2 Å². The third-order valence-electron chi connectivity index (χ3n) is 4.36. The minimum Gasteiger partial charge on any atom is -0.439 e. The average Bonchev–Trinajstić information content (AvgIpc) is 2.75. The molecule has 0 saturated carbocycles. The van der Waals surface area contributed by atoms with Gasteiger partial charge in [0.05, 0.1) is 11.7 Å². The fourth-order valence-electron chi connectivity index (χ4n) is 2.91. The molecule has 1 amide bonds. The number of amides is 1. The van der Waals surface area contributed by atoms with Gasteiger partial charge in [0.1, 0.15) is 18.1 Å². The van der Waals surface area contributed by atoms with E-state index in [9.17, 15) is 14.0 Å². The Bertz CT molecular complexity index is 1260. The highest BCUT2D eigenvalue weighted by Gasteiger charge is 2.08. The van der Waals surface area contributed by atoms with Crippen molar-refractivity contribution in [2.45, 2.75) is 13.1 Å². The number of rotatable bonds is 6. The van der Waals surface area contributed by atoms with Crippen LogP contribution in [-0.4, -0.2) is 20.7 Å². The van der Waals surface area contributed by atoms with Crippen LogP contribution in [0.15, 0.2) is 77.9 Å². The molecule has 150 valence electrons. The number of halogens is 1. The van der Waals surface area contributed by atoms with Crippen LogP contribution in [0.2, 0.25) is 0 Å². The quantitative estimate of drug-likeness (QED) is 0.534. The number of para-hydroxylation sites is 1. The van der Waals surface area contributed by atoms with Crippen LogP contribution in [0.4, 0.5) is 4.39 Å². The Morgan fingerprint density at radius 2 is 1.93 bits per heavy atom. The molecule has 8 heteroatoms. The van der Waals surface area contributed by atoms with E-state index in [0.717, 1.165) is 5.56 Å². The van der Waals surface area contributed by atoms with Gasteiger partial charge in [0, 0.05) is 30.3 Å². The number of carbonyl (C=O) groups excluding carboxylic acids is 1. The number of benzene rings is 2. The van der Waals surface area contributed by atoms with Crippen LogP contribution in [0.5, 0.6) is 11.6 Å². The minimum atomic E-state index is -0.392. The molecule has 0 spiro atoms. The topological polar surface area (TPSA) is 86.1 Å². The summed E-state index contributed by atoms with van der Waals surface area (Å²) < 4.78 is 20.2. The first-order valence-electron chi connectivity index (χ1n) is 9.18. The van der Waals surface area contributed by atoms with E-state index in [-0.39, 0.29) is 24.4 Å². The van der Waals surface area contributed by atoms with Crippen LogP contribution >= 0.6 is 0 Å². The Hall–Kier alpha value is -4.07. The van der Waals surface area contributed by atoms with Gasteiger partial charge < -0.3 is 10.1 Å². The molecule has 4 aromatic rings. The lowest BCUT2D eigenvalue weighted by Gasteiger charge is -2.10. The fraction of sp³-hybridized carbons (Fsp3) is 0.0909. The van der Waals surface area contributed by atoms with Gasteiger partial charge in [-0.2, -0.15) is 5.10 Å². The second-order valence-corrected chi connectivity index (χ2v) is 6.52. The van der Waals surface area contributed by atoms with Crippen molar-refractivity contribution in [3.8, 4) is 11.6 Å². The maximum atomic E-state index is 13.2. The molecular formula is C22H17FN4O3. The van der Waals surface area contributed by atoms with Crippen molar-refractivity contribution in [1.82, 2.24) is 20.1 Å². The average molecular weight is 404 g/mol. The van der Waals surface area contributed by atoms with Crippen LogP contribution in [0.3, 0.4) is 0 Å². The Kier molecular flexibility index (Phi) is 5.47. The standard InChI is InChI=1S/C22H17FN4O3/c23-16-4-3-5-17(10-16)30-22-9-8-15(12-25-22)11-24-21(29)14-27-19-7-2-1-6-18(19)20(28)13-26-27/h1-10,12-13H,11,14H2,(H,24,29). The summed E-state index contributed by atoms with van der Waals surface area (Å²) in [6.07, 6.45) is 2.78. The molecule has 0 aliphatic rings. The van der Waals surface area contributed by atoms with Gasteiger partial charge in [-0.05, 0) is 29.8 Å². The summed E-state index contributed by atoms with van der Waals surface area (Å²) >= 11 is 0. The molecule has 7 nitrogen and oxygen atoms in total. The second kappa shape index (κ2) is 8.52. The molecule has 1 N–H and O–H groups in total. The molecule has 0 atom stereocenters. The van der Waals surface area contributed by atoms with Crippen molar-refractivity contribution >= 4 is 16.8 Å². The zero-order valence-electron chi connectivity index (χ0n) is 15.8. The number of aromatic nitrogens is 3. The van der Waals surface area contributed by atoms with Crippen molar-refractivity contribution in [2.75, 3.05) is 0 Å². The normalized spacial score (nSPS) is 10.7. The molecule has 0 bridgehead atoms. The van der Waals surface area contributed by atoms with E-state index >= 15 is 0 Å². The molecule has 2 heterocycles. The van der Waals surface area contributed by atoms with Gasteiger partial charge in [0.25, 0.3) is 0 Å². The highest BCUT2D eigenvalue weighted by molar-refractivity contribution is 5.81. The first-order chi connectivity index (χ1) is 14.6. The maximum absolute atomic E-state index is 13.2. The van der Waals surface area contributed by atoms with E-state index < -0.39 is 5.82 Å². The number of carbonyl (C=O) groups is 1. The van der Waals surface area contributed by atoms with E-state index in [1.54, 1.807) is 54.7 Å². The summed E-state index contributed by atoms with van der Waals surface area (Å²) in [7, 11) is 0. The van der Waals surface area contributed by atoms with Crippen LogP contribution in [0.25, 0.3) is 10.9 Å². The molecule has 30 heavy (non-hydrogen) atoms. The Morgan fingerprint density at radius 3 is 2.73 bits per heavy atom. The number of hydrogen-bond donors (Lipinski definition) is 1. The highest BCUT2D eigenvalue weighted by Crippen LogP contribution is 2.20. The van der Waals surface area contributed by atoms with Crippen LogP contribution in [-0.2, 0) is 17.9 Å². The predicted molar refractivity (Wildman–Crippen MR) is 109 cm³/mol. The summed E-state index contributed by atoms with van der Waals surface area (Å²) in [4.78, 5) is 28.4. The van der Waals surface area contributed by atoms with Crippen molar-refractivity contribution in [1.29, 1.82) is 0 Å². The summed E-state index contributed by atoms with van der Waals surface area (Å²) in [6.45, 7) is 0.249. The molecule has 0 radical (unpaired) electrons. The molecule has 0 aliphatic heterocycles. The Labute approximate surface area is 170 Å². The first kappa shape index (κ1) is 19.3. The van der Waals surface area contributed by atoms with Gasteiger partial charge in [-0.3, -0.25) is 14.3 Å². The van der Waals surface area contributed by atoms with Crippen molar-refractivity contribution < 1.29 is 13.9 Å². The molecule has 0 unspecified atom stereocenters. The Balaban J connectivity index is 1.36. The van der Waals surface area contributed by atoms with Gasteiger partial charge in [0.15, 0.2) is 0 Å². The number of hydrogen-bond acceptors (Lipinski definition) is 5. The van der Waals surface area contributed by atoms with E-state index in [1.807, 2.05) is 0 Å². The third-order valence-corrected chi connectivity index (χ3v) is 4.36. The van der Waals surface area contributed by atoms with Crippen LogP contribution < -0.4 is 15.5 Å². The van der Waals surface area contributed by atoms with E-state index in [2.05, 4.69) is 15.4 Å². The van der Waals surface area contributed by atoms with Gasteiger partial charge >= 0.3 is 0 Å². The lowest BCUT2D eigenvalue weighted by molar-refractivity contribution is -0.121. The smallest absolute Gasteiger partial charge is 0.242 e. The van der Waals surface area contributed by atoms with Gasteiger partial charge in [-0.1, -0.05) is 24.3 Å². The van der Waals surface area contributed by atoms with Crippen molar-refractivity contribution in [2.24, 2.45) is 0 Å². The molecule has 2 aromatic carbocycles. The SMILES string of the molecule is O=C(Cn1ncc(=O)c2ccccc21)NCc1ccc(Oc2cccc(F)c2)nc1. The Morgan fingerprint density at radius 1 is 1.07 bits per heavy atom. The number of fused-ring (bicyclic) bond motifs is 1. The highest BCUT2D eigenvalue weighted by atomic mass is 19.1. The molecule has 0 saturated heterocycles. The maximum Gasteiger partial charge on any atom is 0.242 e. The number of nitrogens with one attached hydrogen (secondary N) is 1. The van der Waals surface area contributed by atoms with Crippen molar-refractivity contribution in [3.63, 3.8) is 0 Å². The van der Waals surface area contributed by atoms with Crippen molar-refractivity contribution in [3.05, 3.63) is 94.7 Å². The van der Waals surface area contributed by atoms with E-state index in [4.69, 9.17) is 4.74 Å². The zero-order valence-corrected chi connectivity index (χ0v) is 15.8. The number of pyridine rings is 1. The molecule has 2 aromatic heterocycles. The lowest BCUT2D eigenvalue weighted by Crippen LogP contribution is -2.28. The van der Waals surface area contributed by atoms with Crippen LogP contribution in [0.1, 0.15) is 5.56 Å². The summed E-state index contributed by atoms with van der Waals surface area (Å²) in [5.41, 5.74) is 1.18. The molecule has 4 rings (SSSR count). The monoisotopic (exact) mass is 404 g/mol. The number of ether oxygens (including phenoxy) is 1. The molecular weight excluding hydrogens is 387 g/mol. The second-order valence-electron chi connectivity index (χ2n) is 6.52. The van der Waals surface area contributed by atoms with Crippen LogP contribution in [0, 0.1) is 5.82 Å². The number of nitrogens with zero attached hydrogens (tertiary/aromatic N) is 3.